The molecule has 1 aromatic heterocycles. The van der Waals surface area contributed by atoms with Crippen molar-refractivity contribution in [3.05, 3.63) is 72.8 Å². The molecule has 0 saturated carbocycles. The number of hydrogen-bond acceptors (Lipinski definition) is 4. The Morgan fingerprint density at radius 1 is 0.475 bits per heavy atom. The lowest BCUT2D eigenvalue weighted by Crippen LogP contribution is -2.04. The van der Waals surface area contributed by atoms with Crippen LogP contribution in [0.2, 0.25) is 0 Å². The van der Waals surface area contributed by atoms with E-state index in [-0.39, 0.29) is 0 Å². The van der Waals surface area contributed by atoms with E-state index in [2.05, 4.69) is 38.1 Å². The lowest BCUT2D eigenvalue weighted by molar-refractivity contribution is 0.259. The van der Waals surface area contributed by atoms with Gasteiger partial charge in [-0.3, -0.25) is 0 Å². The zero-order valence-corrected chi connectivity index (χ0v) is 24.5. The van der Waals surface area contributed by atoms with Crippen LogP contribution in [0.15, 0.2) is 72.8 Å². The Balaban J connectivity index is 1.60. The first-order valence-electron chi connectivity index (χ1n) is 15.5. The summed E-state index contributed by atoms with van der Waals surface area (Å²) in [5, 5.41) is 0. The van der Waals surface area contributed by atoms with Gasteiger partial charge in [0.05, 0.1) is 35.6 Å². The van der Waals surface area contributed by atoms with Gasteiger partial charge in [-0.1, -0.05) is 139 Å². The Bertz CT molecular complexity index is 1170. The highest BCUT2D eigenvalue weighted by molar-refractivity contribution is 5.88. The minimum absolute atomic E-state index is 0.687. The topological polar surface area (TPSA) is 44.2 Å². The number of nitrogens with zero attached hydrogens (tertiary/aromatic N) is 2. The molecule has 4 aromatic rings. The molecule has 212 valence electrons. The second kappa shape index (κ2) is 16.6. The average Bonchev–Trinajstić information content (AvgIpc) is 3.00. The summed E-state index contributed by atoms with van der Waals surface area (Å²) in [6, 6.07) is 24.7. The van der Waals surface area contributed by atoms with E-state index in [1.165, 1.54) is 64.2 Å². The zero-order chi connectivity index (χ0) is 27.8. The molecule has 0 aliphatic carbocycles. The molecule has 0 radical (unpaired) electrons. The lowest BCUT2D eigenvalue weighted by atomic mass is 10.0. The molecule has 0 N–H and O–H groups in total. The van der Waals surface area contributed by atoms with Crippen LogP contribution in [0, 0.1) is 0 Å². The van der Waals surface area contributed by atoms with Gasteiger partial charge in [-0.15, -0.1) is 0 Å². The number of benzene rings is 3. The van der Waals surface area contributed by atoms with Gasteiger partial charge >= 0.3 is 0 Å². The molecule has 0 atom stereocenters. The fraction of sp³-hybridized carbons (Fsp3) is 0.444. The number of ether oxygens (including phenoxy) is 2. The Labute approximate surface area is 241 Å². The van der Waals surface area contributed by atoms with E-state index >= 15 is 0 Å². The predicted octanol–water partition coefficient (Wildman–Crippen LogP) is 10.4. The van der Waals surface area contributed by atoms with E-state index in [0.717, 1.165) is 57.9 Å². The highest BCUT2D eigenvalue weighted by Gasteiger charge is 2.16. The molecule has 0 spiro atoms. The molecule has 4 rings (SSSR count). The molecule has 0 aliphatic rings. The number of fused-ring (bicyclic) bond motifs is 1. The molecule has 3 aromatic carbocycles. The Kier molecular flexibility index (Phi) is 12.3. The Hall–Kier alpha value is -3.40. The number of hydrogen-bond donors (Lipinski definition) is 0. The number of unbranched alkanes of at least 4 members (excludes halogenated alkanes) is 10. The largest absolute Gasteiger partial charge is 0.490 e. The van der Waals surface area contributed by atoms with Gasteiger partial charge in [0.1, 0.15) is 0 Å². The molecular formula is C36H46N2O2. The van der Waals surface area contributed by atoms with Gasteiger partial charge < -0.3 is 9.47 Å². The van der Waals surface area contributed by atoms with Gasteiger partial charge in [0, 0.05) is 23.3 Å². The van der Waals surface area contributed by atoms with E-state index < -0.39 is 0 Å². The van der Waals surface area contributed by atoms with E-state index in [1.807, 2.05) is 48.5 Å². The summed E-state index contributed by atoms with van der Waals surface area (Å²) in [5.41, 5.74) is 5.50. The second-order valence-corrected chi connectivity index (χ2v) is 10.7. The molecule has 0 amide bonds. The van der Waals surface area contributed by atoms with Crippen molar-refractivity contribution in [3.8, 4) is 34.0 Å². The van der Waals surface area contributed by atoms with E-state index in [0.29, 0.717) is 13.2 Å². The van der Waals surface area contributed by atoms with Crippen LogP contribution < -0.4 is 9.47 Å². The minimum atomic E-state index is 0.687. The summed E-state index contributed by atoms with van der Waals surface area (Å²) in [4.78, 5) is 10.3. The predicted molar refractivity (Wildman–Crippen MR) is 168 cm³/mol. The summed E-state index contributed by atoms with van der Waals surface area (Å²) in [7, 11) is 0. The first-order valence-corrected chi connectivity index (χ1v) is 15.5. The molecule has 0 fully saturated rings. The zero-order valence-electron chi connectivity index (χ0n) is 24.5. The van der Waals surface area contributed by atoms with Crippen molar-refractivity contribution in [2.24, 2.45) is 0 Å². The van der Waals surface area contributed by atoms with Crippen LogP contribution in [-0.4, -0.2) is 23.2 Å². The third-order valence-electron chi connectivity index (χ3n) is 7.34. The van der Waals surface area contributed by atoms with Crippen LogP contribution in [0.25, 0.3) is 33.5 Å². The van der Waals surface area contributed by atoms with Crippen LogP contribution in [0.5, 0.6) is 11.5 Å². The quantitative estimate of drug-likeness (QED) is 0.118. The monoisotopic (exact) mass is 538 g/mol. The van der Waals surface area contributed by atoms with E-state index in [1.54, 1.807) is 0 Å². The molecule has 0 aliphatic heterocycles. The van der Waals surface area contributed by atoms with Crippen molar-refractivity contribution >= 4 is 11.0 Å². The van der Waals surface area contributed by atoms with E-state index in [9.17, 15) is 0 Å². The maximum absolute atomic E-state index is 6.33. The summed E-state index contributed by atoms with van der Waals surface area (Å²) < 4.78 is 12.7. The third-order valence-corrected chi connectivity index (χ3v) is 7.34. The molecule has 1 heterocycles. The first kappa shape index (κ1) is 29.6. The molecule has 0 unspecified atom stereocenters. The van der Waals surface area contributed by atoms with E-state index in [4.69, 9.17) is 19.4 Å². The Morgan fingerprint density at radius 2 is 0.850 bits per heavy atom. The summed E-state index contributed by atoms with van der Waals surface area (Å²) >= 11 is 0. The van der Waals surface area contributed by atoms with Crippen LogP contribution in [-0.2, 0) is 0 Å². The van der Waals surface area contributed by atoms with Crippen LogP contribution in [0.4, 0.5) is 0 Å². The molecule has 4 heteroatoms. The molecular weight excluding hydrogens is 492 g/mol. The van der Waals surface area contributed by atoms with Gasteiger partial charge in [-0.25, -0.2) is 9.97 Å². The first-order chi connectivity index (χ1) is 19.8. The van der Waals surface area contributed by atoms with Crippen molar-refractivity contribution < 1.29 is 9.47 Å². The molecule has 0 saturated heterocycles. The van der Waals surface area contributed by atoms with Crippen LogP contribution >= 0.6 is 0 Å². The standard InChI is InChI=1S/C36H46N2O2/c1-3-5-7-9-11-19-25-39-33-27-31-32(28-34(33)40-26-20-12-10-8-6-4-2)38-36(30-23-17-14-18-24-30)35(37-31)29-21-15-13-16-22-29/h13-18,21-24,27-28H,3-12,19-20,25-26H2,1-2H3. The fourth-order valence-corrected chi connectivity index (χ4v) is 5.01. The lowest BCUT2D eigenvalue weighted by Gasteiger charge is -2.16. The van der Waals surface area contributed by atoms with Crippen LogP contribution in [0.3, 0.4) is 0 Å². The van der Waals surface area contributed by atoms with Gasteiger partial charge in [-0.2, -0.15) is 0 Å². The summed E-state index contributed by atoms with van der Waals surface area (Å²) in [6.45, 7) is 5.88. The van der Waals surface area contributed by atoms with Gasteiger partial charge in [0.15, 0.2) is 11.5 Å². The number of aromatic nitrogens is 2. The SMILES string of the molecule is CCCCCCCCOc1cc2nc(-c3ccccc3)c(-c3ccccc3)nc2cc1OCCCCCCCC. The molecule has 4 nitrogen and oxygen atoms in total. The van der Waals surface area contributed by atoms with Gasteiger partial charge in [0.2, 0.25) is 0 Å². The smallest absolute Gasteiger partial charge is 0.163 e. The van der Waals surface area contributed by atoms with Gasteiger partial charge in [-0.05, 0) is 12.8 Å². The van der Waals surface area contributed by atoms with Crippen molar-refractivity contribution in [1.82, 2.24) is 9.97 Å². The minimum Gasteiger partial charge on any atom is -0.490 e. The maximum atomic E-state index is 6.33. The Morgan fingerprint density at radius 3 is 1.25 bits per heavy atom. The molecule has 40 heavy (non-hydrogen) atoms. The van der Waals surface area contributed by atoms with Crippen LogP contribution in [0.1, 0.15) is 90.9 Å². The molecule has 0 bridgehead atoms. The average molecular weight is 539 g/mol. The van der Waals surface area contributed by atoms with Crippen molar-refractivity contribution in [2.75, 3.05) is 13.2 Å². The fourth-order valence-electron chi connectivity index (χ4n) is 5.01. The normalized spacial score (nSPS) is 11.2. The highest BCUT2D eigenvalue weighted by Crippen LogP contribution is 2.36. The summed E-state index contributed by atoms with van der Waals surface area (Å²) in [6.07, 6.45) is 14.8. The second-order valence-electron chi connectivity index (χ2n) is 10.7. The third kappa shape index (κ3) is 8.81. The van der Waals surface area contributed by atoms with Crippen molar-refractivity contribution in [3.63, 3.8) is 0 Å². The van der Waals surface area contributed by atoms with Crippen molar-refractivity contribution in [2.45, 2.75) is 90.9 Å². The number of rotatable bonds is 18. The summed E-state index contributed by atoms with van der Waals surface area (Å²) in [5.74, 6) is 1.54. The maximum Gasteiger partial charge on any atom is 0.163 e. The van der Waals surface area contributed by atoms with Gasteiger partial charge in [0.25, 0.3) is 0 Å². The van der Waals surface area contributed by atoms with Crippen molar-refractivity contribution in [1.29, 1.82) is 0 Å². The highest BCUT2D eigenvalue weighted by atomic mass is 16.5.